The highest BCUT2D eigenvalue weighted by molar-refractivity contribution is 5.22. The van der Waals surface area contributed by atoms with Crippen molar-refractivity contribution < 1.29 is 5.11 Å². The zero-order chi connectivity index (χ0) is 13.7. The maximum absolute atomic E-state index is 10.7. The summed E-state index contributed by atoms with van der Waals surface area (Å²) in [5, 5.41) is 19.7. The lowest BCUT2D eigenvalue weighted by molar-refractivity contribution is 0.00732. The fraction of sp³-hybridized carbons (Fsp3) is 0.562. The minimum absolute atomic E-state index is 0.396. The summed E-state index contributed by atoms with van der Waals surface area (Å²) in [6.45, 7) is 2.75. The first kappa shape index (κ1) is 14.0. The first-order valence-corrected chi connectivity index (χ1v) is 7.02. The minimum Gasteiger partial charge on any atom is -0.384 e. The molecule has 0 amide bonds. The molecule has 0 heterocycles. The van der Waals surface area contributed by atoms with Gasteiger partial charge >= 0.3 is 0 Å². The maximum Gasteiger partial charge on any atom is 0.0995 e. The molecule has 102 valence electrons. The molecule has 3 nitrogen and oxygen atoms in total. The Balaban J connectivity index is 2.09. The Bertz CT molecular complexity index is 430. The molecule has 3 heteroatoms. The van der Waals surface area contributed by atoms with E-state index in [4.69, 9.17) is 5.26 Å². The van der Waals surface area contributed by atoms with Gasteiger partial charge in [-0.05, 0) is 25.3 Å². The van der Waals surface area contributed by atoms with Crippen molar-refractivity contribution in [2.24, 2.45) is 0 Å². The van der Waals surface area contributed by atoms with Gasteiger partial charge in [-0.3, -0.25) is 4.90 Å². The minimum atomic E-state index is -0.902. The van der Waals surface area contributed by atoms with Crippen LogP contribution in [0.2, 0.25) is 0 Å². The fourth-order valence-electron chi connectivity index (χ4n) is 2.96. The van der Waals surface area contributed by atoms with Crippen molar-refractivity contribution in [2.45, 2.75) is 44.2 Å². The Kier molecular flexibility index (Phi) is 4.57. The highest BCUT2D eigenvalue weighted by Gasteiger charge is 2.30. The third-order valence-corrected chi connectivity index (χ3v) is 4.02. The quantitative estimate of drug-likeness (QED) is 0.826. The number of benzene rings is 1. The molecule has 0 saturated heterocycles. The second-order valence-corrected chi connectivity index (χ2v) is 5.64. The SMILES string of the molecule is CC(O)(CN(CC#N)C1CCCC1)c1ccccc1. The standard InChI is InChI=1S/C16H22N2O/c1-16(19,14-7-3-2-4-8-14)13-18(12-11-17)15-9-5-6-10-15/h2-4,7-8,15,19H,5-6,9-10,12-13H2,1H3. The van der Waals surface area contributed by atoms with Gasteiger partial charge in [-0.2, -0.15) is 5.26 Å². The molecule has 1 saturated carbocycles. The molecule has 19 heavy (non-hydrogen) atoms. The Morgan fingerprint density at radius 3 is 2.53 bits per heavy atom. The van der Waals surface area contributed by atoms with Crippen LogP contribution in [0.1, 0.15) is 38.2 Å². The zero-order valence-electron chi connectivity index (χ0n) is 11.5. The maximum atomic E-state index is 10.7. The van der Waals surface area contributed by atoms with Crippen LogP contribution in [0.15, 0.2) is 30.3 Å². The van der Waals surface area contributed by atoms with Gasteiger partial charge in [-0.15, -0.1) is 0 Å². The van der Waals surface area contributed by atoms with Crippen LogP contribution < -0.4 is 0 Å². The van der Waals surface area contributed by atoms with Gasteiger partial charge < -0.3 is 5.11 Å². The van der Waals surface area contributed by atoms with Crippen LogP contribution in [0, 0.1) is 11.3 Å². The molecule has 1 N–H and O–H groups in total. The van der Waals surface area contributed by atoms with E-state index in [2.05, 4.69) is 11.0 Å². The van der Waals surface area contributed by atoms with Gasteiger partial charge in [0.05, 0.1) is 18.2 Å². The summed E-state index contributed by atoms with van der Waals surface area (Å²) in [5.74, 6) is 0. The van der Waals surface area contributed by atoms with Gasteiger partial charge in [0.15, 0.2) is 0 Å². The van der Waals surface area contributed by atoms with Crippen LogP contribution in [0.4, 0.5) is 0 Å². The first-order valence-electron chi connectivity index (χ1n) is 7.02. The second kappa shape index (κ2) is 6.18. The second-order valence-electron chi connectivity index (χ2n) is 5.64. The van der Waals surface area contributed by atoms with Crippen molar-refractivity contribution in [1.29, 1.82) is 5.26 Å². The molecule has 0 aliphatic heterocycles. The van der Waals surface area contributed by atoms with Crippen molar-refractivity contribution in [3.05, 3.63) is 35.9 Å². The van der Waals surface area contributed by atoms with Crippen molar-refractivity contribution >= 4 is 0 Å². The van der Waals surface area contributed by atoms with Gasteiger partial charge in [0.1, 0.15) is 0 Å². The lowest BCUT2D eigenvalue weighted by Crippen LogP contribution is -2.43. The molecular weight excluding hydrogens is 236 g/mol. The van der Waals surface area contributed by atoms with E-state index in [1.54, 1.807) is 0 Å². The van der Waals surface area contributed by atoms with E-state index < -0.39 is 5.60 Å². The van der Waals surface area contributed by atoms with Gasteiger partial charge in [0.2, 0.25) is 0 Å². The van der Waals surface area contributed by atoms with Gasteiger partial charge in [0.25, 0.3) is 0 Å². The molecule has 1 aliphatic rings. The number of hydrogen-bond acceptors (Lipinski definition) is 3. The topological polar surface area (TPSA) is 47.3 Å². The van der Waals surface area contributed by atoms with Gasteiger partial charge in [-0.25, -0.2) is 0 Å². The summed E-state index contributed by atoms with van der Waals surface area (Å²) in [5.41, 5.74) is 0.0108. The summed E-state index contributed by atoms with van der Waals surface area (Å²) >= 11 is 0. The molecular formula is C16H22N2O. The predicted octanol–water partition coefficient (Wildman–Crippen LogP) is 2.66. The van der Waals surface area contributed by atoms with E-state index in [1.165, 1.54) is 12.8 Å². The van der Waals surface area contributed by atoms with Crippen molar-refractivity contribution in [2.75, 3.05) is 13.1 Å². The van der Waals surface area contributed by atoms with Crippen LogP contribution >= 0.6 is 0 Å². The van der Waals surface area contributed by atoms with Gasteiger partial charge in [-0.1, -0.05) is 43.2 Å². The van der Waals surface area contributed by atoms with Crippen LogP contribution in [0.25, 0.3) is 0 Å². The Morgan fingerprint density at radius 1 is 1.32 bits per heavy atom. The number of hydrogen-bond donors (Lipinski definition) is 1. The number of aliphatic hydroxyl groups is 1. The summed E-state index contributed by atoms with van der Waals surface area (Å²) < 4.78 is 0. The average Bonchev–Trinajstić information content (AvgIpc) is 2.93. The molecule has 2 rings (SSSR count). The zero-order valence-corrected chi connectivity index (χ0v) is 11.5. The molecule has 1 atom stereocenters. The Labute approximate surface area is 115 Å². The first-order chi connectivity index (χ1) is 9.13. The monoisotopic (exact) mass is 258 g/mol. The summed E-state index contributed by atoms with van der Waals surface area (Å²) in [6, 6.07) is 12.4. The molecule has 0 radical (unpaired) electrons. The third kappa shape index (κ3) is 3.56. The Hall–Kier alpha value is -1.37. The van der Waals surface area contributed by atoms with Crippen LogP contribution in [-0.4, -0.2) is 29.1 Å². The smallest absolute Gasteiger partial charge is 0.0995 e. The molecule has 0 spiro atoms. The lowest BCUT2D eigenvalue weighted by Gasteiger charge is -2.34. The van der Waals surface area contributed by atoms with Crippen LogP contribution in [-0.2, 0) is 5.60 Å². The fourth-order valence-corrected chi connectivity index (χ4v) is 2.96. The van der Waals surface area contributed by atoms with Crippen LogP contribution in [0.3, 0.4) is 0 Å². The van der Waals surface area contributed by atoms with Crippen molar-refractivity contribution in [3.8, 4) is 6.07 Å². The van der Waals surface area contributed by atoms with E-state index in [9.17, 15) is 5.11 Å². The number of nitriles is 1. The molecule has 1 aromatic rings. The highest BCUT2D eigenvalue weighted by Crippen LogP contribution is 2.28. The van der Waals surface area contributed by atoms with Crippen molar-refractivity contribution in [1.82, 2.24) is 4.90 Å². The van der Waals surface area contributed by atoms with Gasteiger partial charge in [0, 0.05) is 12.6 Å². The molecule has 1 aliphatic carbocycles. The normalized spacial score (nSPS) is 19.3. The number of rotatable bonds is 5. The van der Waals surface area contributed by atoms with E-state index in [0.717, 1.165) is 18.4 Å². The third-order valence-electron chi connectivity index (χ3n) is 4.02. The lowest BCUT2D eigenvalue weighted by atomic mass is 9.94. The largest absolute Gasteiger partial charge is 0.384 e. The summed E-state index contributed by atoms with van der Waals surface area (Å²) in [7, 11) is 0. The van der Waals surface area contributed by atoms with E-state index >= 15 is 0 Å². The number of nitrogens with zero attached hydrogens (tertiary/aromatic N) is 2. The van der Waals surface area contributed by atoms with E-state index in [1.807, 2.05) is 37.3 Å². The average molecular weight is 258 g/mol. The van der Waals surface area contributed by atoms with Crippen molar-refractivity contribution in [3.63, 3.8) is 0 Å². The van der Waals surface area contributed by atoms with E-state index in [0.29, 0.717) is 19.1 Å². The molecule has 1 fully saturated rings. The Morgan fingerprint density at radius 2 is 1.95 bits per heavy atom. The molecule has 1 aromatic carbocycles. The summed E-state index contributed by atoms with van der Waals surface area (Å²) in [6.07, 6.45) is 4.76. The molecule has 0 bridgehead atoms. The highest BCUT2D eigenvalue weighted by atomic mass is 16.3. The van der Waals surface area contributed by atoms with Crippen LogP contribution in [0.5, 0.6) is 0 Å². The molecule has 0 aromatic heterocycles. The summed E-state index contributed by atoms with van der Waals surface area (Å²) in [4.78, 5) is 2.14. The van der Waals surface area contributed by atoms with E-state index in [-0.39, 0.29) is 0 Å². The predicted molar refractivity (Wildman–Crippen MR) is 75.5 cm³/mol. The molecule has 1 unspecified atom stereocenters.